The summed E-state index contributed by atoms with van der Waals surface area (Å²) < 4.78 is 0.874. The number of carbonyl (C=O) groups excluding carboxylic acids is 1. The molecule has 1 amide bonds. The second kappa shape index (κ2) is 7.69. The van der Waals surface area contributed by atoms with Crippen LogP contribution in [0, 0.1) is 0 Å². The van der Waals surface area contributed by atoms with Crippen molar-refractivity contribution >= 4 is 50.9 Å². The van der Waals surface area contributed by atoms with Gasteiger partial charge in [0, 0.05) is 15.9 Å². The third kappa shape index (κ3) is 4.28. The van der Waals surface area contributed by atoms with E-state index in [9.17, 15) is 4.79 Å². The highest BCUT2D eigenvalue weighted by Gasteiger charge is 2.21. The van der Waals surface area contributed by atoms with Crippen molar-refractivity contribution in [2.75, 3.05) is 5.32 Å². The first kappa shape index (κ1) is 16.8. The van der Waals surface area contributed by atoms with Gasteiger partial charge in [0.1, 0.15) is 5.03 Å². The summed E-state index contributed by atoms with van der Waals surface area (Å²) in [6.07, 6.45) is 6.66. The lowest BCUT2D eigenvalue weighted by atomic mass is 10.2. The minimum absolute atomic E-state index is 0.178. The van der Waals surface area contributed by atoms with Crippen LogP contribution in [-0.4, -0.2) is 16.1 Å². The molecule has 1 fully saturated rings. The van der Waals surface area contributed by atoms with E-state index in [1.165, 1.54) is 25.7 Å². The first-order valence-corrected chi connectivity index (χ1v) is 9.56. The molecule has 1 aromatic heterocycles. The second-order valence-corrected chi connectivity index (χ2v) is 8.07. The van der Waals surface area contributed by atoms with Gasteiger partial charge >= 0.3 is 0 Å². The SMILES string of the molecule is O=C(Nc1ccc(Br)cc1Cl)c1cccnc1SC1CCCC1. The van der Waals surface area contributed by atoms with E-state index in [2.05, 4.69) is 26.2 Å². The molecule has 120 valence electrons. The van der Waals surface area contributed by atoms with Crippen molar-refractivity contribution in [1.82, 2.24) is 4.98 Å². The van der Waals surface area contributed by atoms with Gasteiger partial charge in [-0.3, -0.25) is 4.79 Å². The van der Waals surface area contributed by atoms with Gasteiger partial charge in [-0.1, -0.05) is 40.4 Å². The number of benzene rings is 1. The third-order valence-corrected chi connectivity index (χ3v) is 5.93. The number of hydrogen-bond donors (Lipinski definition) is 1. The molecular weight excluding hydrogens is 396 g/mol. The first-order chi connectivity index (χ1) is 11.1. The molecule has 2 aromatic rings. The van der Waals surface area contributed by atoms with E-state index < -0.39 is 0 Å². The molecule has 1 aliphatic carbocycles. The number of nitrogens with zero attached hydrogens (tertiary/aromatic N) is 1. The van der Waals surface area contributed by atoms with E-state index in [0.717, 1.165) is 9.50 Å². The van der Waals surface area contributed by atoms with E-state index in [-0.39, 0.29) is 5.91 Å². The lowest BCUT2D eigenvalue weighted by Crippen LogP contribution is -2.14. The van der Waals surface area contributed by atoms with Crippen LogP contribution in [0.2, 0.25) is 5.02 Å². The Morgan fingerprint density at radius 2 is 2.09 bits per heavy atom. The summed E-state index contributed by atoms with van der Waals surface area (Å²) in [5, 5.41) is 4.73. The normalized spacial score (nSPS) is 14.9. The van der Waals surface area contributed by atoms with E-state index in [0.29, 0.717) is 21.5 Å². The number of pyridine rings is 1. The van der Waals surface area contributed by atoms with E-state index in [4.69, 9.17) is 11.6 Å². The molecule has 0 spiro atoms. The molecule has 0 saturated heterocycles. The largest absolute Gasteiger partial charge is 0.321 e. The molecular formula is C17H16BrClN2OS. The van der Waals surface area contributed by atoms with Gasteiger partial charge in [-0.25, -0.2) is 4.98 Å². The van der Waals surface area contributed by atoms with Crippen LogP contribution < -0.4 is 5.32 Å². The number of nitrogens with one attached hydrogen (secondary N) is 1. The summed E-state index contributed by atoms with van der Waals surface area (Å²) in [5.74, 6) is -0.178. The van der Waals surface area contributed by atoms with Crippen LogP contribution >= 0.6 is 39.3 Å². The molecule has 1 heterocycles. The summed E-state index contributed by atoms with van der Waals surface area (Å²) in [4.78, 5) is 17.0. The van der Waals surface area contributed by atoms with Gasteiger partial charge in [-0.05, 0) is 43.2 Å². The van der Waals surface area contributed by atoms with Crippen LogP contribution in [0.25, 0.3) is 0 Å². The molecule has 0 atom stereocenters. The Bertz CT molecular complexity index is 719. The Morgan fingerprint density at radius 1 is 1.30 bits per heavy atom. The molecule has 1 aromatic carbocycles. The van der Waals surface area contributed by atoms with Gasteiger partial charge in [0.05, 0.1) is 16.3 Å². The van der Waals surface area contributed by atoms with E-state index in [1.54, 1.807) is 36.2 Å². The monoisotopic (exact) mass is 410 g/mol. The first-order valence-electron chi connectivity index (χ1n) is 7.51. The lowest BCUT2D eigenvalue weighted by molar-refractivity contribution is 0.102. The molecule has 1 N–H and O–H groups in total. The van der Waals surface area contributed by atoms with Crippen LogP contribution in [0.1, 0.15) is 36.0 Å². The summed E-state index contributed by atoms with van der Waals surface area (Å²) >= 11 is 11.2. The summed E-state index contributed by atoms with van der Waals surface area (Å²) in [5.41, 5.74) is 1.20. The van der Waals surface area contributed by atoms with Crippen LogP contribution in [0.3, 0.4) is 0 Å². The summed E-state index contributed by atoms with van der Waals surface area (Å²) in [7, 11) is 0. The predicted octanol–water partition coefficient (Wildman–Crippen LogP) is 5.78. The average Bonchev–Trinajstić information content (AvgIpc) is 3.03. The minimum atomic E-state index is -0.178. The molecule has 3 rings (SSSR count). The number of carbonyl (C=O) groups is 1. The zero-order valence-electron chi connectivity index (χ0n) is 12.4. The van der Waals surface area contributed by atoms with Crippen LogP contribution in [-0.2, 0) is 0 Å². The van der Waals surface area contributed by atoms with Crippen molar-refractivity contribution in [3.8, 4) is 0 Å². The number of rotatable bonds is 4. The van der Waals surface area contributed by atoms with Crippen molar-refractivity contribution in [3.63, 3.8) is 0 Å². The zero-order valence-corrected chi connectivity index (χ0v) is 15.5. The number of hydrogen-bond acceptors (Lipinski definition) is 3. The maximum atomic E-state index is 12.6. The van der Waals surface area contributed by atoms with Gasteiger partial charge in [-0.2, -0.15) is 0 Å². The number of thioether (sulfide) groups is 1. The molecule has 1 saturated carbocycles. The van der Waals surface area contributed by atoms with Crippen molar-refractivity contribution < 1.29 is 4.79 Å². The van der Waals surface area contributed by atoms with Crippen molar-refractivity contribution in [1.29, 1.82) is 0 Å². The van der Waals surface area contributed by atoms with Crippen molar-refractivity contribution in [2.45, 2.75) is 36.0 Å². The second-order valence-electron chi connectivity index (χ2n) is 5.46. The molecule has 0 radical (unpaired) electrons. The third-order valence-electron chi connectivity index (χ3n) is 3.78. The number of amides is 1. The molecule has 3 nitrogen and oxygen atoms in total. The van der Waals surface area contributed by atoms with Gasteiger partial charge in [-0.15, -0.1) is 11.8 Å². The Kier molecular flexibility index (Phi) is 5.62. The molecule has 0 bridgehead atoms. The highest BCUT2D eigenvalue weighted by atomic mass is 79.9. The summed E-state index contributed by atoms with van der Waals surface area (Å²) in [6, 6.07) is 8.99. The quantitative estimate of drug-likeness (QED) is 0.693. The van der Waals surface area contributed by atoms with Crippen molar-refractivity contribution in [2.24, 2.45) is 0 Å². The maximum Gasteiger partial charge on any atom is 0.258 e. The highest BCUT2D eigenvalue weighted by molar-refractivity contribution is 9.10. The molecule has 23 heavy (non-hydrogen) atoms. The fourth-order valence-corrected chi connectivity index (χ4v) is 4.62. The number of aromatic nitrogens is 1. The Labute approximate surface area is 153 Å². The van der Waals surface area contributed by atoms with E-state index in [1.807, 2.05) is 12.1 Å². The van der Waals surface area contributed by atoms with Gasteiger partial charge in [0.2, 0.25) is 0 Å². The number of halogens is 2. The Hall–Kier alpha value is -1.04. The van der Waals surface area contributed by atoms with Crippen molar-refractivity contribution in [3.05, 3.63) is 51.6 Å². The topological polar surface area (TPSA) is 42.0 Å². The predicted molar refractivity (Wildman–Crippen MR) is 99.5 cm³/mol. The average molecular weight is 412 g/mol. The van der Waals surface area contributed by atoms with Gasteiger partial charge < -0.3 is 5.32 Å². The zero-order chi connectivity index (χ0) is 16.2. The molecule has 0 unspecified atom stereocenters. The highest BCUT2D eigenvalue weighted by Crippen LogP contribution is 2.35. The molecule has 6 heteroatoms. The Morgan fingerprint density at radius 3 is 2.83 bits per heavy atom. The van der Waals surface area contributed by atoms with Crippen LogP contribution in [0.15, 0.2) is 46.0 Å². The van der Waals surface area contributed by atoms with Crippen LogP contribution in [0.5, 0.6) is 0 Å². The van der Waals surface area contributed by atoms with Gasteiger partial charge in [0.25, 0.3) is 5.91 Å². The summed E-state index contributed by atoms with van der Waals surface area (Å²) in [6.45, 7) is 0. The smallest absolute Gasteiger partial charge is 0.258 e. The Balaban J connectivity index is 1.78. The van der Waals surface area contributed by atoms with E-state index >= 15 is 0 Å². The maximum absolute atomic E-state index is 12.6. The molecule has 0 aliphatic heterocycles. The van der Waals surface area contributed by atoms with Crippen LogP contribution in [0.4, 0.5) is 5.69 Å². The van der Waals surface area contributed by atoms with Gasteiger partial charge in [0.15, 0.2) is 0 Å². The standard InChI is InChI=1S/C17H16BrClN2OS/c18-11-7-8-15(14(19)10-11)21-16(22)13-6-3-9-20-17(13)23-12-4-1-2-5-12/h3,6-10,12H,1-2,4-5H2,(H,21,22). The lowest BCUT2D eigenvalue weighted by Gasteiger charge is -2.13. The number of anilines is 1. The fourth-order valence-electron chi connectivity index (χ4n) is 2.60. The molecule has 1 aliphatic rings. The minimum Gasteiger partial charge on any atom is -0.321 e. The fraction of sp³-hybridized carbons (Fsp3) is 0.294.